The fourth-order valence-electron chi connectivity index (χ4n) is 21.1. The Kier molecular flexibility index (Phi) is 31.0. The number of carbonyl (C=O) groups excluding carboxylic acids is 3. The summed E-state index contributed by atoms with van der Waals surface area (Å²) in [6, 6.07) is 41.9. The van der Waals surface area contributed by atoms with E-state index in [2.05, 4.69) is 91.8 Å². The first-order valence-corrected chi connectivity index (χ1v) is 48.1. The lowest BCUT2D eigenvalue weighted by atomic mass is 10.0. The first-order chi connectivity index (χ1) is 66.4. The summed E-state index contributed by atoms with van der Waals surface area (Å²) in [5, 5.41) is 46.1. The molecule has 3 unspecified atom stereocenters. The van der Waals surface area contributed by atoms with E-state index >= 15 is 0 Å². The Morgan fingerprint density at radius 1 is 0.457 bits per heavy atom. The molecular formula is C102H116Cl3F4N21O8. The van der Waals surface area contributed by atoms with E-state index in [4.69, 9.17) is 88.8 Å². The van der Waals surface area contributed by atoms with Gasteiger partial charge in [0.05, 0.1) is 121 Å². The number of anilines is 6. The SMILES string of the molecule is C=C(F)C(=O)N1CCN(c2nc(OC[C@@H]3CC(C)(F)CN3C)nc3c2CCN(c2cccc4cccc(Cl)c24)C3)C[C@@H]1CC#N.CN1CC(C)(F)C[C@H]1COc1nc2c(c(N3CCN(C(=O)/C=C/CO)[C@@H](CC#N)C3)n1)CCN(c1cccc3cccc(Cl)c13)C2.COC/C=C/C(=O)N1CCN(c2nc(OC[C@@H]3CC(C)(F)CN3C)nc3c2CCN(c2cccc4cccc(Cl)c24)C3)C[C@@H]1CC#N. The Hall–Kier alpha value is -12.0. The van der Waals surface area contributed by atoms with Crippen molar-refractivity contribution in [1.29, 1.82) is 15.8 Å². The summed E-state index contributed by atoms with van der Waals surface area (Å²) < 4.78 is 81.7. The maximum absolute atomic E-state index is 14.8. The molecule has 12 heterocycles. The average molecular weight is 1950 g/mol. The number of nitriles is 3. The summed E-state index contributed by atoms with van der Waals surface area (Å²) in [5.74, 6) is -0.0275. The molecule has 3 amide bonds. The highest BCUT2D eigenvalue weighted by Gasteiger charge is 2.45. The standard InChI is InChI=1S/C35H41ClFN7O3.C34H39ClFN7O3.C33H36ClF2N7O2/c1-35(37)19-26(41(2)23-35)22-47-34-39-29-21-42(30-10-5-8-24-7-4-9-28(36)32(24)30)15-13-27(29)33(40-34)43-16-17-44(25(20-43)12-14-38)31(45)11-6-18-46-3;1-34(36)18-25(40(2)22-34)21-46-33-38-28-20-41(29-9-4-7-23-6-3-8-27(35)31(23)29)14-12-26(28)32(39-33)42-15-16-43(24(19-42)11-13-37)30(45)10-5-17-44;1-21(35)31(44)43-15-14-42(17-23(43)10-12-37)30-25-11-13-41(28-9-5-7-22-6-4-8-26(34)29(22)28)18-27(25)38-32(39-30)45-19-24-16-33(2,36)20-40(24)3/h4-11,25-26H,12-13,15-23H2,1-3H3;3-10,24-25,44H,11-12,14-22H2,1-2H3;4-9,23-24H,1,10-11,13-20H2,2-3H3/b11-6+;10-5+;/t25-,26-,35?;24-,25-,34?;23-,24-,33?/m000/s1. The van der Waals surface area contributed by atoms with Crippen LogP contribution in [-0.2, 0) is 58.0 Å². The van der Waals surface area contributed by atoms with E-state index in [9.17, 15) is 47.7 Å². The summed E-state index contributed by atoms with van der Waals surface area (Å²) in [7, 11) is 7.27. The van der Waals surface area contributed by atoms with Crippen molar-refractivity contribution >= 4 is 119 Å². The minimum atomic E-state index is -1.29. The number of aliphatic hydroxyl groups excluding tert-OH is 1. The van der Waals surface area contributed by atoms with Gasteiger partial charge in [-0.2, -0.15) is 45.7 Å². The van der Waals surface area contributed by atoms with Crippen molar-refractivity contribution < 1.29 is 56.0 Å². The van der Waals surface area contributed by atoms with Gasteiger partial charge in [0, 0.05) is 205 Å². The zero-order chi connectivity index (χ0) is 97.4. The minimum absolute atomic E-state index is 0.0395. The number of nitrogens with zero attached hydrogens (tertiary/aromatic N) is 21. The molecular weight excluding hydrogens is 1830 g/mol. The van der Waals surface area contributed by atoms with Gasteiger partial charge in [0.25, 0.3) is 5.91 Å². The molecule has 0 spiro atoms. The Balaban J connectivity index is 0.000000150. The van der Waals surface area contributed by atoms with Crippen LogP contribution < -0.4 is 43.6 Å². The average Bonchev–Trinajstić information content (AvgIpc) is 1.70. The van der Waals surface area contributed by atoms with Crippen LogP contribution in [0.25, 0.3) is 32.3 Å². The number of aromatic nitrogens is 6. The molecule has 9 aliphatic heterocycles. The normalized spacial score (nSPS) is 23.5. The lowest BCUT2D eigenvalue weighted by molar-refractivity contribution is -0.131. The number of rotatable bonds is 24. The Morgan fingerprint density at radius 3 is 1.07 bits per heavy atom. The topological polar surface area (TPSA) is 296 Å². The maximum atomic E-state index is 14.8. The van der Waals surface area contributed by atoms with E-state index in [1.165, 1.54) is 23.1 Å². The van der Waals surface area contributed by atoms with E-state index in [1.54, 1.807) is 43.8 Å². The van der Waals surface area contributed by atoms with Gasteiger partial charge in [-0.15, -0.1) is 0 Å². The van der Waals surface area contributed by atoms with Crippen molar-refractivity contribution in [2.24, 2.45) is 0 Å². The highest BCUT2D eigenvalue weighted by Crippen LogP contribution is 2.44. The van der Waals surface area contributed by atoms with Crippen LogP contribution in [0.4, 0.5) is 52.1 Å². The molecule has 36 heteroatoms. The minimum Gasteiger partial charge on any atom is -0.462 e. The third-order valence-electron chi connectivity index (χ3n) is 27.7. The highest BCUT2D eigenvalue weighted by atomic mass is 35.5. The van der Waals surface area contributed by atoms with Crippen LogP contribution in [-0.4, -0.2) is 295 Å². The van der Waals surface area contributed by atoms with Crippen molar-refractivity contribution in [2.45, 2.75) is 151 Å². The van der Waals surface area contributed by atoms with Crippen molar-refractivity contribution in [1.82, 2.24) is 59.3 Å². The largest absolute Gasteiger partial charge is 0.462 e. The summed E-state index contributed by atoms with van der Waals surface area (Å²) >= 11 is 20.1. The van der Waals surface area contributed by atoms with E-state index < -0.39 is 34.8 Å². The fraction of sp³-hybridized carbons (Fsp3) is 0.471. The number of aliphatic hydroxyl groups is 1. The van der Waals surface area contributed by atoms with Gasteiger partial charge in [0.2, 0.25) is 11.8 Å². The van der Waals surface area contributed by atoms with Crippen LogP contribution in [0.3, 0.4) is 0 Å². The number of halogens is 7. The molecule has 9 aromatic rings. The predicted octanol–water partition coefficient (Wildman–Crippen LogP) is 14.0. The number of likely N-dealkylation sites (N-methyl/N-ethyl adjacent to an activating group) is 3. The first-order valence-electron chi connectivity index (χ1n) is 47.0. The first kappa shape index (κ1) is 99.1. The molecule has 138 heavy (non-hydrogen) atoms. The summed E-state index contributed by atoms with van der Waals surface area (Å²) in [6.07, 6.45) is 9.47. The maximum Gasteiger partial charge on any atom is 0.318 e. The zero-order valence-electron chi connectivity index (χ0n) is 78.8. The van der Waals surface area contributed by atoms with Gasteiger partial charge in [-0.25, -0.2) is 17.6 Å². The summed E-state index contributed by atoms with van der Waals surface area (Å²) in [4.78, 5) is 91.7. The van der Waals surface area contributed by atoms with Crippen molar-refractivity contribution in [3.63, 3.8) is 0 Å². The molecule has 726 valence electrons. The van der Waals surface area contributed by atoms with Gasteiger partial charge >= 0.3 is 18.0 Å². The van der Waals surface area contributed by atoms with Gasteiger partial charge < -0.3 is 68.2 Å². The molecule has 0 radical (unpaired) electrons. The zero-order valence-corrected chi connectivity index (χ0v) is 81.1. The molecule has 1 N–H and O–H groups in total. The van der Waals surface area contributed by atoms with Gasteiger partial charge in [-0.1, -0.05) is 126 Å². The number of hydrogen-bond acceptors (Lipinski definition) is 26. The van der Waals surface area contributed by atoms with E-state index in [0.29, 0.717) is 164 Å². The van der Waals surface area contributed by atoms with Crippen LogP contribution in [0.5, 0.6) is 18.0 Å². The van der Waals surface area contributed by atoms with Crippen LogP contribution in [0.15, 0.2) is 146 Å². The Bertz CT molecular complexity index is 6200. The number of alkyl halides is 3. The Labute approximate surface area is 816 Å². The molecule has 6 fully saturated rings. The van der Waals surface area contributed by atoms with Crippen molar-refractivity contribution in [3.05, 3.63) is 195 Å². The number of piperazine rings is 3. The molecule has 6 saturated heterocycles. The molecule has 3 aromatic heterocycles. The van der Waals surface area contributed by atoms with Gasteiger partial charge in [-0.3, -0.25) is 29.1 Å². The lowest BCUT2D eigenvalue weighted by Gasteiger charge is -2.42. The molecule has 29 nitrogen and oxygen atoms in total. The number of carbonyl (C=O) groups is 3. The molecule has 18 rings (SSSR count). The second kappa shape index (κ2) is 43.2. The van der Waals surface area contributed by atoms with Crippen molar-refractivity contribution in [3.8, 4) is 36.2 Å². The van der Waals surface area contributed by atoms with Crippen molar-refractivity contribution in [2.75, 3.05) is 189 Å². The molecule has 0 saturated carbocycles. The third-order valence-corrected chi connectivity index (χ3v) is 28.6. The van der Waals surface area contributed by atoms with Gasteiger partial charge in [-0.05, 0) is 114 Å². The van der Waals surface area contributed by atoms with Crippen LogP contribution in [0, 0.1) is 34.0 Å². The molecule has 9 aliphatic rings. The quantitative estimate of drug-likeness (QED) is 0.0434. The molecule has 0 aliphatic carbocycles. The Morgan fingerprint density at radius 2 is 0.768 bits per heavy atom. The lowest BCUT2D eigenvalue weighted by Crippen LogP contribution is -2.55. The van der Waals surface area contributed by atoms with Crippen LogP contribution in [0.1, 0.15) is 93.1 Å². The van der Waals surface area contributed by atoms with Gasteiger partial charge in [0.15, 0.2) is 5.83 Å². The number of amides is 3. The second-order valence-corrected chi connectivity index (χ2v) is 39.1. The summed E-state index contributed by atoms with van der Waals surface area (Å²) in [6.45, 7) is 17.3. The number of hydrogen-bond donors (Lipinski definition) is 1. The van der Waals surface area contributed by atoms with Crippen LogP contribution >= 0.6 is 34.8 Å². The van der Waals surface area contributed by atoms with E-state index in [-0.39, 0.29) is 112 Å². The summed E-state index contributed by atoms with van der Waals surface area (Å²) in [5.41, 5.74) is 4.75. The molecule has 6 aromatic carbocycles. The predicted molar refractivity (Wildman–Crippen MR) is 527 cm³/mol. The fourth-order valence-corrected chi connectivity index (χ4v) is 21.9. The number of likely N-dealkylation sites (tertiary alicyclic amines) is 3. The third kappa shape index (κ3) is 22.5. The number of benzene rings is 6. The van der Waals surface area contributed by atoms with E-state index in [0.717, 1.165) is 108 Å². The van der Waals surface area contributed by atoms with Gasteiger partial charge in [0.1, 0.15) is 54.3 Å². The van der Waals surface area contributed by atoms with Crippen LogP contribution in [0.2, 0.25) is 15.1 Å². The smallest absolute Gasteiger partial charge is 0.318 e. The second-order valence-electron chi connectivity index (χ2n) is 37.9. The number of ether oxygens (including phenoxy) is 4. The highest BCUT2D eigenvalue weighted by molar-refractivity contribution is 6.37. The van der Waals surface area contributed by atoms with E-state index in [1.807, 2.05) is 107 Å². The monoisotopic (exact) mass is 1940 g/mol. The molecule has 0 bridgehead atoms. The molecule has 9 atom stereocenters. The number of fused-ring (bicyclic) bond motifs is 6. The number of methoxy groups -OCH3 is 1.